The van der Waals surface area contributed by atoms with E-state index in [1.807, 2.05) is 0 Å². The number of nitrogens with zero attached hydrogens (tertiary/aromatic N) is 4. The first kappa shape index (κ1) is 25.2. The van der Waals surface area contributed by atoms with E-state index in [1.54, 1.807) is 50.6 Å². The standard InChI is InChI=1S/C26H32N4O4/c1-31-25-17-21(19-27)5-7-23(25)33-15-3-9-29-11-13-30(14-12-29)10-4-16-34-24-8-6-22(20-28)18-26(24)32-2/h5-8,17-18H,3-4,9-16H2,1-2H3. The molecule has 1 aliphatic heterocycles. The molecule has 0 aromatic heterocycles. The quantitative estimate of drug-likeness (QED) is 0.442. The van der Waals surface area contributed by atoms with Crippen LogP contribution in [-0.4, -0.2) is 76.5 Å². The molecular weight excluding hydrogens is 432 g/mol. The van der Waals surface area contributed by atoms with Crippen LogP contribution < -0.4 is 18.9 Å². The molecular formula is C26H32N4O4. The summed E-state index contributed by atoms with van der Waals surface area (Å²) in [4.78, 5) is 4.93. The first-order chi connectivity index (χ1) is 16.7. The fourth-order valence-corrected chi connectivity index (χ4v) is 3.89. The van der Waals surface area contributed by atoms with Gasteiger partial charge in [0.1, 0.15) is 0 Å². The maximum Gasteiger partial charge on any atom is 0.162 e. The SMILES string of the molecule is COc1cc(C#N)ccc1OCCCN1CCN(CCCOc2ccc(C#N)cc2OC)CC1. The molecule has 1 fully saturated rings. The average molecular weight is 465 g/mol. The monoisotopic (exact) mass is 464 g/mol. The van der Waals surface area contributed by atoms with Crippen molar-refractivity contribution in [2.45, 2.75) is 12.8 Å². The summed E-state index contributed by atoms with van der Waals surface area (Å²) in [7, 11) is 3.16. The van der Waals surface area contributed by atoms with E-state index in [9.17, 15) is 0 Å². The third-order valence-corrected chi connectivity index (χ3v) is 5.80. The molecule has 0 aliphatic carbocycles. The molecule has 1 aliphatic rings. The highest BCUT2D eigenvalue weighted by Crippen LogP contribution is 2.28. The summed E-state index contributed by atoms with van der Waals surface area (Å²) in [6.07, 6.45) is 1.87. The van der Waals surface area contributed by atoms with Gasteiger partial charge in [0.25, 0.3) is 0 Å². The van der Waals surface area contributed by atoms with Crippen molar-refractivity contribution in [1.29, 1.82) is 10.5 Å². The van der Waals surface area contributed by atoms with Crippen LogP contribution in [0.15, 0.2) is 36.4 Å². The van der Waals surface area contributed by atoms with Gasteiger partial charge >= 0.3 is 0 Å². The van der Waals surface area contributed by atoms with Crippen molar-refractivity contribution in [3.8, 4) is 35.1 Å². The van der Waals surface area contributed by atoms with E-state index in [4.69, 9.17) is 29.5 Å². The molecule has 3 rings (SSSR count). The molecule has 0 spiro atoms. The van der Waals surface area contributed by atoms with Gasteiger partial charge in [-0.3, -0.25) is 0 Å². The minimum absolute atomic E-state index is 0.558. The van der Waals surface area contributed by atoms with Crippen LogP contribution in [0.25, 0.3) is 0 Å². The van der Waals surface area contributed by atoms with Gasteiger partial charge in [0.05, 0.1) is 50.7 Å². The molecule has 0 unspecified atom stereocenters. The van der Waals surface area contributed by atoms with Gasteiger partial charge in [-0.1, -0.05) is 0 Å². The first-order valence-electron chi connectivity index (χ1n) is 11.5. The maximum absolute atomic E-state index is 8.99. The van der Waals surface area contributed by atoms with Gasteiger partial charge in [0.2, 0.25) is 0 Å². The number of benzene rings is 2. The largest absolute Gasteiger partial charge is 0.493 e. The highest BCUT2D eigenvalue weighted by atomic mass is 16.5. The van der Waals surface area contributed by atoms with Crippen molar-refractivity contribution in [2.24, 2.45) is 0 Å². The van der Waals surface area contributed by atoms with Gasteiger partial charge in [0, 0.05) is 51.4 Å². The fraction of sp³-hybridized carbons (Fsp3) is 0.462. The maximum atomic E-state index is 8.99. The molecule has 180 valence electrons. The van der Waals surface area contributed by atoms with Crippen molar-refractivity contribution in [2.75, 3.05) is 66.7 Å². The van der Waals surface area contributed by atoms with Gasteiger partial charge in [-0.25, -0.2) is 0 Å². The Morgan fingerprint density at radius 1 is 0.676 bits per heavy atom. The van der Waals surface area contributed by atoms with E-state index >= 15 is 0 Å². The Labute approximate surface area is 201 Å². The van der Waals surface area contributed by atoms with E-state index in [2.05, 4.69) is 21.9 Å². The Morgan fingerprint density at radius 2 is 1.09 bits per heavy atom. The molecule has 34 heavy (non-hydrogen) atoms. The smallest absolute Gasteiger partial charge is 0.162 e. The summed E-state index contributed by atoms with van der Waals surface area (Å²) in [6, 6.07) is 14.7. The average Bonchev–Trinajstić information content (AvgIpc) is 2.89. The second-order valence-electron chi connectivity index (χ2n) is 8.04. The normalized spacial score (nSPS) is 14.1. The van der Waals surface area contributed by atoms with E-state index in [0.29, 0.717) is 47.3 Å². The van der Waals surface area contributed by atoms with E-state index in [0.717, 1.165) is 52.1 Å². The summed E-state index contributed by atoms with van der Waals surface area (Å²) >= 11 is 0. The Bertz CT molecular complexity index is 925. The van der Waals surface area contributed by atoms with Crippen LogP contribution in [0.2, 0.25) is 0 Å². The predicted octanol–water partition coefficient (Wildman–Crippen LogP) is 3.30. The minimum atomic E-state index is 0.558. The zero-order valence-corrected chi connectivity index (χ0v) is 20.0. The zero-order chi connectivity index (χ0) is 24.2. The van der Waals surface area contributed by atoms with Crippen molar-refractivity contribution in [3.63, 3.8) is 0 Å². The molecule has 1 saturated heterocycles. The molecule has 1 heterocycles. The van der Waals surface area contributed by atoms with E-state index in [1.165, 1.54) is 0 Å². The first-order valence-corrected chi connectivity index (χ1v) is 11.5. The topological polar surface area (TPSA) is 91.0 Å². The molecule has 0 atom stereocenters. The number of piperazine rings is 1. The Hall–Kier alpha value is -3.46. The van der Waals surface area contributed by atoms with Gasteiger partial charge < -0.3 is 28.7 Å². The third kappa shape index (κ3) is 7.28. The Kier molecular flexibility index (Phi) is 9.84. The summed E-state index contributed by atoms with van der Waals surface area (Å²) in [5, 5.41) is 18.0. The number of ether oxygens (including phenoxy) is 4. The highest BCUT2D eigenvalue weighted by molar-refractivity contribution is 5.47. The summed E-state index contributed by atoms with van der Waals surface area (Å²) in [5.41, 5.74) is 1.12. The van der Waals surface area contributed by atoms with Gasteiger partial charge in [-0.2, -0.15) is 10.5 Å². The number of methoxy groups -OCH3 is 2. The second-order valence-corrected chi connectivity index (χ2v) is 8.04. The van der Waals surface area contributed by atoms with Crippen LogP contribution in [0.3, 0.4) is 0 Å². The lowest BCUT2D eigenvalue weighted by molar-refractivity contribution is 0.120. The molecule has 0 amide bonds. The van der Waals surface area contributed by atoms with Crippen LogP contribution in [0.5, 0.6) is 23.0 Å². The Morgan fingerprint density at radius 3 is 1.44 bits per heavy atom. The molecule has 0 saturated carbocycles. The molecule has 0 bridgehead atoms. The lowest BCUT2D eigenvalue weighted by Crippen LogP contribution is -2.47. The number of hydrogen-bond acceptors (Lipinski definition) is 8. The van der Waals surface area contributed by atoms with E-state index < -0.39 is 0 Å². The van der Waals surface area contributed by atoms with Crippen LogP contribution in [0.1, 0.15) is 24.0 Å². The summed E-state index contributed by atoms with van der Waals surface area (Å²) < 4.78 is 22.3. The Balaban J connectivity index is 1.29. The molecule has 8 heteroatoms. The third-order valence-electron chi connectivity index (χ3n) is 5.80. The molecule has 2 aromatic carbocycles. The van der Waals surface area contributed by atoms with Crippen molar-refractivity contribution < 1.29 is 18.9 Å². The van der Waals surface area contributed by atoms with Gasteiger partial charge in [-0.15, -0.1) is 0 Å². The highest BCUT2D eigenvalue weighted by Gasteiger charge is 2.16. The van der Waals surface area contributed by atoms with Crippen molar-refractivity contribution >= 4 is 0 Å². The number of hydrogen-bond donors (Lipinski definition) is 0. The zero-order valence-electron chi connectivity index (χ0n) is 20.0. The van der Waals surface area contributed by atoms with Crippen molar-refractivity contribution in [3.05, 3.63) is 47.5 Å². The fourth-order valence-electron chi connectivity index (χ4n) is 3.89. The molecule has 0 radical (unpaired) electrons. The van der Waals surface area contributed by atoms with Crippen molar-refractivity contribution in [1.82, 2.24) is 9.80 Å². The van der Waals surface area contributed by atoms with Crippen LogP contribution >= 0.6 is 0 Å². The lowest BCUT2D eigenvalue weighted by atomic mass is 10.2. The summed E-state index contributed by atoms with van der Waals surface area (Å²) in [6.45, 7) is 7.39. The van der Waals surface area contributed by atoms with Crippen LogP contribution in [0, 0.1) is 22.7 Å². The lowest BCUT2D eigenvalue weighted by Gasteiger charge is -2.34. The van der Waals surface area contributed by atoms with Crippen LogP contribution in [0.4, 0.5) is 0 Å². The number of rotatable bonds is 12. The van der Waals surface area contributed by atoms with E-state index in [-0.39, 0.29) is 0 Å². The van der Waals surface area contributed by atoms with Gasteiger partial charge in [0.15, 0.2) is 23.0 Å². The molecule has 0 N–H and O–H groups in total. The summed E-state index contributed by atoms with van der Waals surface area (Å²) in [5.74, 6) is 2.53. The second kappa shape index (κ2) is 13.3. The molecule has 2 aromatic rings. The van der Waals surface area contributed by atoms with Gasteiger partial charge in [-0.05, 0) is 37.1 Å². The predicted molar refractivity (Wildman–Crippen MR) is 129 cm³/mol. The van der Waals surface area contributed by atoms with Crippen LogP contribution in [-0.2, 0) is 0 Å². The minimum Gasteiger partial charge on any atom is -0.493 e. The number of nitriles is 2. The molecule has 8 nitrogen and oxygen atoms in total.